The third-order valence-corrected chi connectivity index (χ3v) is 2.95. The summed E-state index contributed by atoms with van der Waals surface area (Å²) in [6, 6.07) is 9.74. The summed E-state index contributed by atoms with van der Waals surface area (Å²) in [5, 5.41) is 11.1. The van der Waals surface area contributed by atoms with Crippen LogP contribution in [0.25, 0.3) is 0 Å². The summed E-state index contributed by atoms with van der Waals surface area (Å²) in [7, 11) is 0. The van der Waals surface area contributed by atoms with Crippen LogP contribution in [-0.2, 0) is 25.7 Å². The maximum Gasteiger partial charge on any atom is 0.329 e. The lowest BCUT2D eigenvalue weighted by atomic mass is 9.93. The minimum Gasteiger partial charge on any atom is -0.480 e. The molecule has 6 heteroatoms. The van der Waals surface area contributed by atoms with Crippen LogP contribution in [0.1, 0.15) is 19.4 Å². The molecule has 6 nitrogen and oxygen atoms in total. The fourth-order valence-corrected chi connectivity index (χ4v) is 1.70. The van der Waals surface area contributed by atoms with Gasteiger partial charge in [0.05, 0.1) is 25.2 Å². The van der Waals surface area contributed by atoms with E-state index in [2.05, 4.69) is 5.32 Å². The number of carboxylic acid groups (broad SMARTS) is 1. The Morgan fingerprint density at radius 1 is 1.18 bits per heavy atom. The molecule has 0 saturated carbocycles. The molecule has 0 fully saturated rings. The van der Waals surface area contributed by atoms with Crippen molar-refractivity contribution in [2.45, 2.75) is 20.5 Å². The summed E-state index contributed by atoms with van der Waals surface area (Å²) >= 11 is 0. The summed E-state index contributed by atoms with van der Waals surface area (Å²) in [4.78, 5) is 22.3. The predicted molar refractivity (Wildman–Crippen MR) is 81.3 cm³/mol. The highest BCUT2D eigenvalue weighted by Crippen LogP contribution is 2.16. The molecular formula is C16H23NO5. The molecule has 0 aliphatic heterocycles. The average Bonchev–Trinajstić information content (AvgIpc) is 2.47. The number of ether oxygens (including phenoxy) is 2. The topological polar surface area (TPSA) is 84.9 Å². The van der Waals surface area contributed by atoms with Gasteiger partial charge in [-0.15, -0.1) is 0 Å². The molecule has 0 aliphatic carbocycles. The number of carbonyl (C=O) groups is 2. The maximum atomic E-state index is 12.0. The maximum absolute atomic E-state index is 12.0. The number of hydrogen-bond donors (Lipinski definition) is 2. The first kappa shape index (κ1) is 18.1. The molecule has 0 bridgehead atoms. The minimum atomic E-state index is -1.03. The Bertz CT molecular complexity index is 473. The van der Waals surface area contributed by atoms with E-state index in [1.54, 1.807) is 13.8 Å². The molecule has 1 rings (SSSR count). The lowest BCUT2D eigenvalue weighted by Crippen LogP contribution is -2.41. The lowest BCUT2D eigenvalue weighted by molar-refractivity contribution is -0.142. The third kappa shape index (κ3) is 7.19. The number of nitrogens with one attached hydrogen (secondary N) is 1. The van der Waals surface area contributed by atoms with Crippen molar-refractivity contribution in [3.63, 3.8) is 0 Å². The van der Waals surface area contributed by atoms with Gasteiger partial charge in [0, 0.05) is 6.54 Å². The zero-order valence-corrected chi connectivity index (χ0v) is 13.0. The van der Waals surface area contributed by atoms with Gasteiger partial charge in [0.25, 0.3) is 0 Å². The Morgan fingerprint density at radius 3 is 2.50 bits per heavy atom. The van der Waals surface area contributed by atoms with Gasteiger partial charge in [-0.05, 0) is 19.4 Å². The van der Waals surface area contributed by atoms with Gasteiger partial charge in [-0.3, -0.25) is 4.79 Å². The van der Waals surface area contributed by atoms with Crippen LogP contribution in [0.15, 0.2) is 30.3 Å². The quantitative estimate of drug-likeness (QED) is 0.639. The monoisotopic (exact) mass is 309 g/mol. The molecular weight excluding hydrogens is 286 g/mol. The molecule has 0 unspecified atom stereocenters. The number of aliphatic carboxylic acids is 1. The van der Waals surface area contributed by atoms with Crippen LogP contribution in [0.3, 0.4) is 0 Å². The van der Waals surface area contributed by atoms with E-state index in [4.69, 9.17) is 14.6 Å². The highest BCUT2D eigenvalue weighted by Gasteiger charge is 2.27. The van der Waals surface area contributed by atoms with Gasteiger partial charge in [0.15, 0.2) is 0 Å². The molecule has 0 atom stereocenters. The molecule has 1 aromatic rings. The SMILES string of the molecule is CC(C)(COCc1ccccc1)C(=O)NCCOCC(=O)O. The average molecular weight is 309 g/mol. The summed E-state index contributed by atoms with van der Waals surface area (Å²) < 4.78 is 10.4. The fourth-order valence-electron chi connectivity index (χ4n) is 1.70. The molecule has 2 N–H and O–H groups in total. The van der Waals surface area contributed by atoms with Crippen LogP contribution in [0.4, 0.5) is 0 Å². The van der Waals surface area contributed by atoms with Crippen molar-refractivity contribution in [1.29, 1.82) is 0 Å². The zero-order valence-electron chi connectivity index (χ0n) is 13.0. The van der Waals surface area contributed by atoms with E-state index in [-0.39, 0.29) is 25.7 Å². The van der Waals surface area contributed by atoms with Crippen molar-refractivity contribution in [3.05, 3.63) is 35.9 Å². The lowest BCUT2D eigenvalue weighted by Gasteiger charge is -2.23. The molecule has 0 aromatic heterocycles. The molecule has 0 saturated heterocycles. The molecule has 1 aromatic carbocycles. The van der Waals surface area contributed by atoms with Gasteiger partial charge < -0.3 is 19.9 Å². The summed E-state index contributed by atoms with van der Waals surface area (Å²) in [6.45, 7) is 4.42. The van der Waals surface area contributed by atoms with Crippen LogP contribution >= 0.6 is 0 Å². The first-order valence-corrected chi connectivity index (χ1v) is 7.11. The highest BCUT2D eigenvalue weighted by atomic mass is 16.5. The number of benzene rings is 1. The first-order valence-electron chi connectivity index (χ1n) is 7.11. The fraction of sp³-hybridized carbons (Fsp3) is 0.500. The Kier molecular flexibility index (Phi) is 7.56. The van der Waals surface area contributed by atoms with Crippen LogP contribution < -0.4 is 5.32 Å². The van der Waals surface area contributed by atoms with Crippen LogP contribution in [0.2, 0.25) is 0 Å². The molecule has 22 heavy (non-hydrogen) atoms. The Hall–Kier alpha value is -1.92. The second kappa shape index (κ2) is 9.17. The number of rotatable bonds is 10. The predicted octanol–water partition coefficient (Wildman–Crippen LogP) is 1.45. The van der Waals surface area contributed by atoms with Crippen molar-refractivity contribution in [2.75, 3.05) is 26.4 Å². The molecule has 122 valence electrons. The second-order valence-corrected chi connectivity index (χ2v) is 5.56. The van der Waals surface area contributed by atoms with Crippen molar-refractivity contribution < 1.29 is 24.2 Å². The van der Waals surface area contributed by atoms with E-state index < -0.39 is 11.4 Å². The van der Waals surface area contributed by atoms with E-state index in [1.165, 1.54) is 0 Å². The van der Waals surface area contributed by atoms with Gasteiger partial charge in [-0.25, -0.2) is 4.79 Å². The van der Waals surface area contributed by atoms with E-state index in [0.717, 1.165) is 5.56 Å². The van der Waals surface area contributed by atoms with Crippen molar-refractivity contribution in [2.24, 2.45) is 5.41 Å². The number of carbonyl (C=O) groups excluding carboxylic acids is 1. The molecule has 1 amide bonds. The van der Waals surface area contributed by atoms with Gasteiger partial charge in [0.2, 0.25) is 5.91 Å². The highest BCUT2D eigenvalue weighted by molar-refractivity contribution is 5.81. The molecule has 0 radical (unpaired) electrons. The van der Waals surface area contributed by atoms with Crippen LogP contribution in [0, 0.1) is 5.41 Å². The largest absolute Gasteiger partial charge is 0.480 e. The number of hydrogen-bond acceptors (Lipinski definition) is 4. The van der Waals surface area contributed by atoms with E-state index >= 15 is 0 Å². The van der Waals surface area contributed by atoms with Gasteiger partial charge in [-0.1, -0.05) is 30.3 Å². The van der Waals surface area contributed by atoms with E-state index in [0.29, 0.717) is 13.2 Å². The van der Waals surface area contributed by atoms with Gasteiger partial charge in [-0.2, -0.15) is 0 Å². The van der Waals surface area contributed by atoms with E-state index in [9.17, 15) is 9.59 Å². The standard InChI is InChI=1S/C16H23NO5/c1-16(2,12-22-10-13-6-4-3-5-7-13)15(20)17-8-9-21-11-14(18)19/h3-7H,8-12H2,1-2H3,(H,17,20)(H,18,19). The van der Waals surface area contributed by atoms with Gasteiger partial charge in [0.1, 0.15) is 6.61 Å². The first-order chi connectivity index (χ1) is 10.4. The third-order valence-electron chi connectivity index (χ3n) is 2.95. The Morgan fingerprint density at radius 2 is 1.86 bits per heavy atom. The summed E-state index contributed by atoms with van der Waals surface area (Å²) in [5.41, 5.74) is 0.391. The second-order valence-electron chi connectivity index (χ2n) is 5.56. The van der Waals surface area contributed by atoms with Gasteiger partial charge >= 0.3 is 5.97 Å². The molecule has 0 aliphatic rings. The summed E-state index contributed by atoms with van der Waals surface area (Å²) in [6.07, 6.45) is 0. The number of amides is 1. The number of carboxylic acids is 1. The van der Waals surface area contributed by atoms with Crippen molar-refractivity contribution in [3.8, 4) is 0 Å². The Labute approximate surface area is 130 Å². The van der Waals surface area contributed by atoms with Crippen LogP contribution in [-0.4, -0.2) is 43.3 Å². The Balaban J connectivity index is 2.23. The minimum absolute atomic E-state index is 0.153. The van der Waals surface area contributed by atoms with Crippen molar-refractivity contribution >= 4 is 11.9 Å². The normalized spacial score (nSPS) is 11.2. The smallest absolute Gasteiger partial charge is 0.329 e. The van der Waals surface area contributed by atoms with Crippen molar-refractivity contribution in [1.82, 2.24) is 5.32 Å². The van der Waals surface area contributed by atoms with E-state index in [1.807, 2.05) is 30.3 Å². The molecule has 0 spiro atoms. The molecule has 0 heterocycles. The van der Waals surface area contributed by atoms with Crippen LogP contribution in [0.5, 0.6) is 0 Å². The zero-order chi connectivity index (χ0) is 16.4. The summed E-state index contributed by atoms with van der Waals surface area (Å²) in [5.74, 6) is -1.18.